The van der Waals surface area contributed by atoms with Crippen LogP contribution in [0.15, 0.2) is 24.3 Å². The molecule has 1 aromatic carbocycles. The van der Waals surface area contributed by atoms with Crippen LogP contribution in [0.25, 0.3) is 0 Å². The highest BCUT2D eigenvalue weighted by Gasteiger charge is 2.15. The minimum Gasteiger partial charge on any atom is -0.497 e. The van der Waals surface area contributed by atoms with Crippen LogP contribution in [0.3, 0.4) is 0 Å². The number of hydrogen-bond donors (Lipinski definition) is 3. The minimum absolute atomic E-state index is 0.109. The first-order valence-corrected chi connectivity index (χ1v) is 8.25. The SMILES string of the molecule is CNc1cc(C(=O)NCc2ccc(OC)cc2OC)nc(C#CC=O)c1C=N. The van der Waals surface area contributed by atoms with Crippen LogP contribution in [-0.2, 0) is 11.3 Å². The molecule has 0 bridgehead atoms. The molecule has 8 nitrogen and oxygen atoms in total. The number of aldehydes is 1. The van der Waals surface area contributed by atoms with E-state index in [4.69, 9.17) is 14.9 Å². The standard InChI is InChI=1S/C20H20N4O4/c1-22-17-10-18(24-16(5-4-8-25)15(17)11-21)20(26)23-12-13-6-7-14(27-2)9-19(13)28-3/h6-11,21H,12H2,1-3H3,(H,22,24)(H,23,26). The molecule has 8 heteroatoms. The molecule has 0 aliphatic heterocycles. The Labute approximate surface area is 162 Å². The molecule has 2 aromatic rings. The first-order valence-electron chi connectivity index (χ1n) is 8.25. The summed E-state index contributed by atoms with van der Waals surface area (Å²) in [6.45, 7) is 0.213. The summed E-state index contributed by atoms with van der Waals surface area (Å²) in [7, 11) is 4.75. The molecule has 0 aliphatic carbocycles. The van der Waals surface area contributed by atoms with Gasteiger partial charge in [0.05, 0.1) is 14.2 Å². The van der Waals surface area contributed by atoms with Crippen molar-refractivity contribution in [2.75, 3.05) is 26.6 Å². The van der Waals surface area contributed by atoms with E-state index in [-0.39, 0.29) is 17.9 Å². The van der Waals surface area contributed by atoms with Gasteiger partial charge in [-0.3, -0.25) is 9.59 Å². The van der Waals surface area contributed by atoms with E-state index in [1.165, 1.54) is 13.2 Å². The Morgan fingerprint density at radius 1 is 1.29 bits per heavy atom. The van der Waals surface area contributed by atoms with Crippen molar-refractivity contribution in [3.05, 3.63) is 46.8 Å². The highest BCUT2D eigenvalue weighted by molar-refractivity contribution is 5.97. The maximum Gasteiger partial charge on any atom is 0.270 e. The molecule has 0 fully saturated rings. The number of rotatable bonds is 7. The van der Waals surface area contributed by atoms with Gasteiger partial charge >= 0.3 is 0 Å². The summed E-state index contributed by atoms with van der Waals surface area (Å²) in [6.07, 6.45) is 1.49. The van der Waals surface area contributed by atoms with Crippen molar-refractivity contribution < 1.29 is 19.1 Å². The maximum atomic E-state index is 12.6. The summed E-state index contributed by atoms with van der Waals surface area (Å²) in [6, 6.07) is 6.81. The number of benzene rings is 1. The molecule has 0 aliphatic rings. The zero-order chi connectivity index (χ0) is 20.5. The van der Waals surface area contributed by atoms with Gasteiger partial charge in [0.25, 0.3) is 5.91 Å². The van der Waals surface area contributed by atoms with Gasteiger partial charge in [-0.2, -0.15) is 0 Å². The van der Waals surface area contributed by atoms with Gasteiger partial charge in [0.15, 0.2) is 6.29 Å². The fraction of sp³-hybridized carbons (Fsp3) is 0.200. The number of carbonyl (C=O) groups excluding carboxylic acids is 2. The van der Waals surface area contributed by atoms with E-state index in [2.05, 4.69) is 27.5 Å². The highest BCUT2D eigenvalue weighted by Crippen LogP contribution is 2.24. The molecule has 1 amide bonds. The third kappa shape index (κ3) is 4.65. The summed E-state index contributed by atoms with van der Waals surface area (Å²) >= 11 is 0. The van der Waals surface area contributed by atoms with Crippen LogP contribution < -0.4 is 20.1 Å². The molecule has 28 heavy (non-hydrogen) atoms. The number of anilines is 1. The first kappa shape index (κ1) is 20.5. The number of amides is 1. The molecule has 1 aromatic heterocycles. The molecule has 0 spiro atoms. The second-order valence-electron chi connectivity index (χ2n) is 5.46. The molecular formula is C20H20N4O4. The van der Waals surface area contributed by atoms with Gasteiger partial charge in [-0.1, -0.05) is 0 Å². The predicted octanol–water partition coefficient (Wildman–Crippen LogP) is 1.62. The van der Waals surface area contributed by atoms with Crippen LogP contribution in [0.4, 0.5) is 5.69 Å². The molecule has 144 valence electrons. The lowest BCUT2D eigenvalue weighted by molar-refractivity contribution is -0.103. The number of aromatic nitrogens is 1. The summed E-state index contributed by atoms with van der Waals surface area (Å²) in [5, 5.41) is 13.2. The van der Waals surface area contributed by atoms with Gasteiger partial charge < -0.3 is 25.5 Å². The molecule has 0 atom stereocenters. The fourth-order valence-electron chi connectivity index (χ4n) is 2.48. The second kappa shape index (κ2) is 9.73. The quantitative estimate of drug-likeness (QED) is 0.382. The Morgan fingerprint density at radius 2 is 2.07 bits per heavy atom. The van der Waals surface area contributed by atoms with E-state index < -0.39 is 5.91 Å². The van der Waals surface area contributed by atoms with Crippen LogP contribution in [0, 0.1) is 17.3 Å². The smallest absolute Gasteiger partial charge is 0.270 e. The maximum absolute atomic E-state index is 12.6. The summed E-state index contributed by atoms with van der Waals surface area (Å²) in [4.78, 5) is 27.3. The molecule has 2 rings (SSSR count). The zero-order valence-electron chi connectivity index (χ0n) is 15.8. The number of pyridine rings is 1. The average Bonchev–Trinajstić information content (AvgIpc) is 2.74. The van der Waals surface area contributed by atoms with E-state index in [0.717, 1.165) is 11.8 Å². The van der Waals surface area contributed by atoms with Crippen LogP contribution in [0.1, 0.15) is 27.3 Å². The van der Waals surface area contributed by atoms with Gasteiger partial charge in [-0.15, -0.1) is 0 Å². The third-order valence-electron chi connectivity index (χ3n) is 3.89. The number of methoxy groups -OCH3 is 2. The number of ether oxygens (including phenoxy) is 2. The predicted molar refractivity (Wildman–Crippen MR) is 105 cm³/mol. The van der Waals surface area contributed by atoms with Crippen molar-refractivity contribution in [2.45, 2.75) is 6.54 Å². The van der Waals surface area contributed by atoms with E-state index in [1.54, 1.807) is 32.4 Å². The second-order valence-corrected chi connectivity index (χ2v) is 5.46. The Morgan fingerprint density at radius 3 is 2.68 bits per heavy atom. The Kier molecular flexibility index (Phi) is 7.11. The van der Waals surface area contributed by atoms with Crippen molar-refractivity contribution in [3.63, 3.8) is 0 Å². The van der Waals surface area contributed by atoms with Gasteiger partial charge in [0.1, 0.15) is 22.9 Å². The van der Waals surface area contributed by atoms with Crippen molar-refractivity contribution in [2.24, 2.45) is 0 Å². The highest BCUT2D eigenvalue weighted by atomic mass is 16.5. The van der Waals surface area contributed by atoms with Crippen LogP contribution >= 0.6 is 0 Å². The fourth-order valence-corrected chi connectivity index (χ4v) is 2.48. The lowest BCUT2D eigenvalue weighted by Gasteiger charge is -2.13. The van der Waals surface area contributed by atoms with Gasteiger partial charge in [0.2, 0.25) is 0 Å². The van der Waals surface area contributed by atoms with E-state index in [1.807, 2.05) is 0 Å². The van der Waals surface area contributed by atoms with Crippen molar-refractivity contribution in [1.82, 2.24) is 10.3 Å². The molecular weight excluding hydrogens is 360 g/mol. The topological polar surface area (TPSA) is 113 Å². The largest absolute Gasteiger partial charge is 0.497 e. The molecule has 1 heterocycles. The van der Waals surface area contributed by atoms with E-state index in [0.29, 0.717) is 29.0 Å². The van der Waals surface area contributed by atoms with Gasteiger partial charge in [-0.05, 0) is 30.0 Å². The summed E-state index contributed by atoms with van der Waals surface area (Å²) in [5.41, 5.74) is 1.94. The van der Waals surface area contributed by atoms with Gasteiger partial charge in [0, 0.05) is 42.7 Å². The molecule has 3 N–H and O–H groups in total. The van der Waals surface area contributed by atoms with Crippen molar-refractivity contribution in [3.8, 4) is 23.3 Å². The Bertz CT molecular complexity index is 961. The molecule has 0 unspecified atom stereocenters. The van der Waals surface area contributed by atoms with Crippen molar-refractivity contribution in [1.29, 1.82) is 5.41 Å². The Balaban J connectivity index is 2.29. The zero-order valence-corrected chi connectivity index (χ0v) is 15.8. The van der Waals surface area contributed by atoms with Crippen LogP contribution in [0.2, 0.25) is 0 Å². The minimum atomic E-state index is -0.431. The number of hydrogen-bond acceptors (Lipinski definition) is 7. The lowest BCUT2D eigenvalue weighted by Crippen LogP contribution is -2.25. The van der Waals surface area contributed by atoms with E-state index >= 15 is 0 Å². The normalized spacial score (nSPS) is 9.54. The number of nitrogens with zero attached hydrogens (tertiary/aromatic N) is 1. The van der Waals surface area contributed by atoms with Crippen LogP contribution in [0.5, 0.6) is 11.5 Å². The van der Waals surface area contributed by atoms with Gasteiger partial charge in [-0.25, -0.2) is 4.98 Å². The summed E-state index contributed by atoms with van der Waals surface area (Å²) < 4.78 is 10.5. The van der Waals surface area contributed by atoms with E-state index in [9.17, 15) is 9.59 Å². The monoisotopic (exact) mass is 380 g/mol. The molecule has 0 radical (unpaired) electrons. The van der Waals surface area contributed by atoms with Crippen molar-refractivity contribution >= 4 is 24.1 Å². The average molecular weight is 380 g/mol. The number of nitrogens with one attached hydrogen (secondary N) is 3. The molecule has 0 saturated carbocycles. The lowest BCUT2D eigenvalue weighted by atomic mass is 10.1. The third-order valence-corrected chi connectivity index (χ3v) is 3.89. The van der Waals surface area contributed by atoms with Crippen LogP contribution in [-0.4, -0.2) is 44.7 Å². The first-order chi connectivity index (χ1) is 13.6. The number of carbonyl (C=O) groups is 2. The Hall–Kier alpha value is -3.86. The summed E-state index contributed by atoms with van der Waals surface area (Å²) in [5.74, 6) is 5.61. The molecule has 0 saturated heterocycles.